The molecule has 4 heterocycles. The highest BCUT2D eigenvalue weighted by molar-refractivity contribution is 6.10. The molecular formula is C33H33F3N8O2. The third-order valence-corrected chi connectivity index (χ3v) is 8.47. The number of piperidine rings is 1. The Kier molecular flexibility index (Phi) is 8.50. The lowest BCUT2D eigenvalue weighted by atomic mass is 9.96. The van der Waals surface area contributed by atoms with E-state index in [9.17, 15) is 28.3 Å². The van der Waals surface area contributed by atoms with E-state index >= 15 is 0 Å². The normalized spacial score (nSPS) is 16.8. The van der Waals surface area contributed by atoms with Crippen LogP contribution in [0.4, 0.5) is 24.8 Å². The van der Waals surface area contributed by atoms with E-state index in [0.29, 0.717) is 51.9 Å². The first-order chi connectivity index (χ1) is 22.0. The van der Waals surface area contributed by atoms with Gasteiger partial charge in [0.2, 0.25) is 0 Å². The molecule has 2 N–H and O–H groups in total. The molecule has 2 aromatic heterocycles. The maximum Gasteiger partial charge on any atom is 0.416 e. The Balaban J connectivity index is 1.43. The smallest absolute Gasteiger partial charge is 0.395 e. The van der Waals surface area contributed by atoms with Crippen LogP contribution < -0.4 is 10.2 Å². The van der Waals surface area contributed by atoms with Crippen LogP contribution in [0, 0.1) is 17.2 Å². The molecule has 0 aliphatic carbocycles. The number of aryl methyl sites for hydroxylation is 1. The molecule has 46 heavy (non-hydrogen) atoms. The molecule has 0 unspecified atom stereocenters. The van der Waals surface area contributed by atoms with Crippen LogP contribution in [0.15, 0.2) is 48.8 Å². The minimum absolute atomic E-state index is 0.0186. The largest absolute Gasteiger partial charge is 0.416 e. The summed E-state index contributed by atoms with van der Waals surface area (Å²) in [5.41, 5.74) is 1.79. The number of amides is 1. The van der Waals surface area contributed by atoms with Gasteiger partial charge in [0.05, 0.1) is 30.3 Å². The number of hydrogen-bond donors (Lipinski definition) is 2. The second-order valence-corrected chi connectivity index (χ2v) is 11.9. The van der Waals surface area contributed by atoms with Crippen LogP contribution in [-0.4, -0.2) is 61.9 Å². The standard InChI is InChI=1S/C33H33F3N8O2/c1-20-4-3-8-43(16-20)17-22-11-26-27(28(12-22)33(34,35)36)18-44(32(26)46)30-14-23(13-29(40-30)38-7-9-45)24-6-5-21(15-37)10-25(24)31-41-39-19-42(31)2/h5-6,10-14,19-20,45H,3-4,7-9,16-18H2,1-2H3,(H,38,40)/t20-/m1/s1. The van der Waals surface area contributed by atoms with E-state index < -0.39 is 17.6 Å². The Morgan fingerprint density at radius 1 is 1.13 bits per heavy atom. The lowest BCUT2D eigenvalue weighted by Crippen LogP contribution is -2.33. The van der Waals surface area contributed by atoms with Crippen LogP contribution in [0.3, 0.4) is 0 Å². The van der Waals surface area contributed by atoms with Gasteiger partial charge in [-0.15, -0.1) is 10.2 Å². The van der Waals surface area contributed by atoms with E-state index in [-0.39, 0.29) is 36.6 Å². The SMILES string of the molecule is C[C@@H]1CCCN(Cc2cc3c(c(C(F)(F)F)c2)CN(c2cc(-c4ccc(C#N)cc4-c4nncn4C)cc(NCCO)n2)C3=O)C1. The van der Waals surface area contributed by atoms with Crippen molar-refractivity contribution in [2.45, 2.75) is 39.0 Å². The van der Waals surface area contributed by atoms with E-state index in [1.807, 2.05) is 0 Å². The van der Waals surface area contributed by atoms with E-state index in [1.54, 1.807) is 48.0 Å². The van der Waals surface area contributed by atoms with Gasteiger partial charge in [-0.05, 0) is 84.0 Å². The molecule has 6 rings (SSSR count). The van der Waals surface area contributed by atoms with Gasteiger partial charge in [-0.3, -0.25) is 14.6 Å². The number of nitriles is 1. The van der Waals surface area contributed by atoms with E-state index in [2.05, 4.69) is 38.4 Å². The van der Waals surface area contributed by atoms with Crippen LogP contribution in [0.5, 0.6) is 0 Å². The number of alkyl halides is 3. The number of rotatable bonds is 8. The van der Waals surface area contributed by atoms with Crippen molar-refractivity contribution in [2.75, 3.05) is 36.5 Å². The zero-order valence-electron chi connectivity index (χ0n) is 25.5. The zero-order chi connectivity index (χ0) is 32.6. The maximum absolute atomic E-state index is 14.5. The molecule has 0 spiro atoms. The monoisotopic (exact) mass is 630 g/mol. The average Bonchev–Trinajstić information content (AvgIpc) is 3.61. The summed E-state index contributed by atoms with van der Waals surface area (Å²) in [5, 5.41) is 30.2. The van der Waals surface area contributed by atoms with Crippen molar-refractivity contribution in [2.24, 2.45) is 13.0 Å². The number of nitrogens with one attached hydrogen (secondary N) is 1. The molecule has 2 aliphatic heterocycles. The number of halogens is 3. The first kappa shape index (κ1) is 31.2. The van der Waals surface area contributed by atoms with Gasteiger partial charge in [0.15, 0.2) is 5.82 Å². The van der Waals surface area contributed by atoms with Gasteiger partial charge in [0.25, 0.3) is 5.91 Å². The topological polar surface area (TPSA) is 123 Å². The van der Waals surface area contributed by atoms with Crippen LogP contribution >= 0.6 is 0 Å². The van der Waals surface area contributed by atoms with E-state index in [4.69, 9.17) is 0 Å². The number of likely N-dealkylation sites (tertiary alicyclic amines) is 1. The number of pyridine rings is 1. The molecule has 10 nitrogen and oxygen atoms in total. The Morgan fingerprint density at radius 2 is 1.96 bits per heavy atom. The second kappa shape index (κ2) is 12.5. The number of anilines is 2. The average molecular weight is 631 g/mol. The van der Waals surface area contributed by atoms with Crippen molar-refractivity contribution in [1.82, 2.24) is 24.6 Å². The number of hydrogen-bond acceptors (Lipinski definition) is 8. The van der Waals surface area contributed by atoms with E-state index in [0.717, 1.165) is 25.9 Å². The van der Waals surface area contributed by atoms with Gasteiger partial charge < -0.3 is 15.0 Å². The zero-order valence-corrected chi connectivity index (χ0v) is 25.5. The van der Waals surface area contributed by atoms with Crippen molar-refractivity contribution < 1.29 is 23.1 Å². The minimum atomic E-state index is -4.65. The van der Waals surface area contributed by atoms with Crippen molar-refractivity contribution in [3.8, 4) is 28.6 Å². The molecule has 2 aliphatic rings. The second-order valence-electron chi connectivity index (χ2n) is 11.9. The van der Waals surface area contributed by atoms with Crippen LogP contribution in [0.1, 0.15) is 52.4 Å². The third kappa shape index (κ3) is 6.18. The molecule has 1 amide bonds. The van der Waals surface area contributed by atoms with Gasteiger partial charge in [0, 0.05) is 37.8 Å². The molecule has 238 valence electrons. The fourth-order valence-corrected chi connectivity index (χ4v) is 6.35. The number of carbonyl (C=O) groups is 1. The number of benzene rings is 2. The molecule has 1 fully saturated rings. The van der Waals surface area contributed by atoms with Crippen molar-refractivity contribution in [3.63, 3.8) is 0 Å². The highest BCUT2D eigenvalue weighted by Crippen LogP contribution is 2.41. The number of fused-ring (bicyclic) bond motifs is 1. The van der Waals surface area contributed by atoms with Gasteiger partial charge in [-0.25, -0.2) is 4.98 Å². The summed E-state index contributed by atoms with van der Waals surface area (Å²) in [7, 11) is 1.77. The van der Waals surface area contributed by atoms with Gasteiger partial charge >= 0.3 is 6.18 Å². The summed E-state index contributed by atoms with van der Waals surface area (Å²) < 4.78 is 45.1. The molecule has 0 radical (unpaired) electrons. The molecular weight excluding hydrogens is 597 g/mol. The molecule has 0 bridgehead atoms. The molecule has 1 saturated heterocycles. The minimum Gasteiger partial charge on any atom is -0.395 e. The summed E-state index contributed by atoms with van der Waals surface area (Å²) >= 11 is 0. The number of aliphatic hydroxyl groups is 1. The Hall–Kier alpha value is -4.80. The summed E-state index contributed by atoms with van der Waals surface area (Å²) in [6.45, 7) is 3.73. The first-order valence-electron chi connectivity index (χ1n) is 15.1. The predicted octanol–water partition coefficient (Wildman–Crippen LogP) is 5.23. The van der Waals surface area contributed by atoms with Crippen molar-refractivity contribution in [3.05, 3.63) is 76.6 Å². The summed E-state index contributed by atoms with van der Waals surface area (Å²) in [5.74, 6) is 0.840. The molecule has 1 atom stereocenters. The molecule has 4 aromatic rings. The van der Waals surface area contributed by atoms with Crippen molar-refractivity contribution >= 4 is 17.5 Å². The summed E-state index contributed by atoms with van der Waals surface area (Å²) in [6, 6.07) is 13.3. The fraction of sp³-hybridized carbons (Fsp3) is 0.364. The summed E-state index contributed by atoms with van der Waals surface area (Å²) in [6.07, 6.45) is -1.05. The number of aliphatic hydroxyl groups excluding tert-OH is 1. The summed E-state index contributed by atoms with van der Waals surface area (Å²) in [4.78, 5) is 21.9. The fourth-order valence-electron chi connectivity index (χ4n) is 6.35. The molecule has 0 saturated carbocycles. The number of aromatic nitrogens is 4. The Morgan fingerprint density at radius 3 is 2.65 bits per heavy atom. The van der Waals surface area contributed by atoms with Crippen LogP contribution in [-0.2, 0) is 26.3 Å². The van der Waals surface area contributed by atoms with E-state index in [1.165, 1.54) is 17.3 Å². The van der Waals surface area contributed by atoms with Crippen LogP contribution in [0.2, 0.25) is 0 Å². The highest BCUT2D eigenvalue weighted by Gasteiger charge is 2.41. The number of carbonyl (C=O) groups excluding carboxylic acids is 1. The van der Waals surface area contributed by atoms with Crippen molar-refractivity contribution in [1.29, 1.82) is 5.26 Å². The van der Waals surface area contributed by atoms with Gasteiger partial charge in [-0.1, -0.05) is 13.0 Å². The predicted molar refractivity (Wildman–Crippen MR) is 166 cm³/mol. The third-order valence-electron chi connectivity index (χ3n) is 8.47. The van der Waals surface area contributed by atoms with Crippen LogP contribution in [0.25, 0.3) is 22.5 Å². The lowest BCUT2D eigenvalue weighted by molar-refractivity contribution is -0.138. The highest BCUT2D eigenvalue weighted by atomic mass is 19.4. The van der Waals surface area contributed by atoms with Gasteiger partial charge in [0.1, 0.15) is 18.0 Å². The maximum atomic E-state index is 14.5. The lowest BCUT2D eigenvalue weighted by Gasteiger charge is -2.31. The Labute approximate surface area is 264 Å². The number of nitrogens with zero attached hydrogens (tertiary/aromatic N) is 7. The van der Waals surface area contributed by atoms with Gasteiger partial charge in [-0.2, -0.15) is 18.4 Å². The quantitative estimate of drug-likeness (QED) is 0.271. The Bertz CT molecular complexity index is 1830. The molecule has 2 aromatic carbocycles. The molecule has 13 heteroatoms. The first-order valence-corrected chi connectivity index (χ1v) is 15.1.